The molecule has 3 nitrogen and oxygen atoms in total. The van der Waals surface area contributed by atoms with Gasteiger partial charge in [0.05, 0.1) is 12.1 Å². The van der Waals surface area contributed by atoms with Crippen LogP contribution in [-0.2, 0) is 9.47 Å². The first-order valence-corrected chi connectivity index (χ1v) is 4.51. The third-order valence-electron chi connectivity index (χ3n) is 3.07. The number of methoxy groups -OCH3 is 1. The van der Waals surface area contributed by atoms with Crippen molar-refractivity contribution >= 4 is 0 Å². The van der Waals surface area contributed by atoms with Gasteiger partial charge in [0.15, 0.2) is 6.29 Å². The van der Waals surface area contributed by atoms with Crippen LogP contribution in [0.5, 0.6) is 0 Å². The number of rotatable bonds is 1. The maximum Gasteiger partial charge on any atom is 0.172 e. The monoisotopic (exact) mass is 173 g/mol. The van der Waals surface area contributed by atoms with Gasteiger partial charge in [0.25, 0.3) is 0 Å². The summed E-state index contributed by atoms with van der Waals surface area (Å²) in [5.74, 6) is 0.963. The summed E-state index contributed by atoms with van der Waals surface area (Å²) >= 11 is 0. The van der Waals surface area contributed by atoms with Crippen LogP contribution in [-0.4, -0.2) is 25.5 Å². The van der Waals surface area contributed by atoms with Gasteiger partial charge in [-0.3, -0.25) is 0 Å². The molecule has 1 aliphatic heterocycles. The molecule has 0 spiro atoms. The smallest absolute Gasteiger partial charge is 0.172 e. The van der Waals surface area contributed by atoms with Gasteiger partial charge in [-0.15, -0.1) is 0 Å². The molecule has 0 amide bonds. The van der Waals surface area contributed by atoms with E-state index in [1.165, 1.54) is 0 Å². The first-order valence-electron chi connectivity index (χ1n) is 4.51. The zero-order valence-corrected chi connectivity index (χ0v) is 8.28. The minimum atomic E-state index is -0.230. The van der Waals surface area contributed by atoms with Crippen LogP contribution < -0.4 is 5.73 Å². The molecule has 1 heterocycles. The first-order chi connectivity index (χ1) is 5.57. The van der Waals surface area contributed by atoms with Crippen LogP contribution in [0.4, 0.5) is 0 Å². The maximum atomic E-state index is 5.94. The van der Waals surface area contributed by atoms with Crippen molar-refractivity contribution in [2.75, 3.05) is 7.11 Å². The molecule has 0 aliphatic carbocycles. The Morgan fingerprint density at radius 3 is 2.25 bits per heavy atom. The van der Waals surface area contributed by atoms with Crippen molar-refractivity contribution in [1.82, 2.24) is 0 Å². The fraction of sp³-hybridized carbons (Fsp3) is 1.00. The Kier molecular flexibility index (Phi) is 3.09. The van der Waals surface area contributed by atoms with Crippen LogP contribution in [0, 0.1) is 11.8 Å². The number of nitrogens with two attached hydrogens (primary N) is 1. The summed E-state index contributed by atoms with van der Waals surface area (Å²) in [6, 6.07) is 0.00111. The molecule has 2 N–H and O–H groups in total. The topological polar surface area (TPSA) is 44.5 Å². The Labute approximate surface area is 74.2 Å². The summed E-state index contributed by atoms with van der Waals surface area (Å²) in [7, 11) is 1.64. The van der Waals surface area contributed by atoms with E-state index in [0.29, 0.717) is 11.8 Å². The molecule has 0 aromatic carbocycles. The third-order valence-corrected chi connectivity index (χ3v) is 3.07. The Morgan fingerprint density at radius 2 is 1.75 bits per heavy atom. The fourth-order valence-corrected chi connectivity index (χ4v) is 1.66. The van der Waals surface area contributed by atoms with Crippen LogP contribution in [0.2, 0.25) is 0 Å². The van der Waals surface area contributed by atoms with Crippen LogP contribution in [0.25, 0.3) is 0 Å². The van der Waals surface area contributed by atoms with Gasteiger partial charge in [0, 0.05) is 7.11 Å². The van der Waals surface area contributed by atoms with E-state index < -0.39 is 0 Å². The molecule has 0 bridgehead atoms. The highest BCUT2D eigenvalue weighted by Crippen LogP contribution is 2.29. The average molecular weight is 173 g/mol. The van der Waals surface area contributed by atoms with Crippen molar-refractivity contribution in [3.8, 4) is 0 Å². The number of ether oxygens (including phenoxy) is 2. The summed E-state index contributed by atoms with van der Waals surface area (Å²) in [6.45, 7) is 6.39. The van der Waals surface area contributed by atoms with Crippen molar-refractivity contribution in [3.63, 3.8) is 0 Å². The quantitative estimate of drug-likeness (QED) is 0.642. The molecule has 0 saturated carbocycles. The summed E-state index contributed by atoms with van der Waals surface area (Å²) in [6.07, 6.45) is 0.0101. The van der Waals surface area contributed by atoms with Crippen molar-refractivity contribution in [2.45, 2.75) is 39.2 Å². The highest BCUT2D eigenvalue weighted by Gasteiger charge is 2.37. The van der Waals surface area contributed by atoms with Crippen LogP contribution in [0.1, 0.15) is 20.8 Å². The molecule has 2 unspecified atom stereocenters. The van der Waals surface area contributed by atoms with E-state index in [1.807, 2.05) is 0 Å². The molecule has 5 atom stereocenters. The second kappa shape index (κ2) is 3.73. The Balaban J connectivity index is 2.63. The molecule has 1 fully saturated rings. The van der Waals surface area contributed by atoms with Gasteiger partial charge >= 0.3 is 0 Å². The highest BCUT2D eigenvalue weighted by molar-refractivity contribution is 4.84. The van der Waals surface area contributed by atoms with Gasteiger partial charge in [-0.2, -0.15) is 0 Å². The molecular formula is C9H19NO2. The molecule has 72 valence electrons. The van der Waals surface area contributed by atoms with E-state index in [4.69, 9.17) is 15.2 Å². The lowest BCUT2D eigenvalue weighted by molar-refractivity contribution is -0.214. The molecule has 12 heavy (non-hydrogen) atoms. The van der Waals surface area contributed by atoms with Crippen molar-refractivity contribution in [2.24, 2.45) is 17.6 Å². The second-order valence-electron chi connectivity index (χ2n) is 3.74. The highest BCUT2D eigenvalue weighted by atomic mass is 16.7. The van der Waals surface area contributed by atoms with Gasteiger partial charge in [0.1, 0.15) is 0 Å². The largest absolute Gasteiger partial charge is 0.354 e. The Bertz CT molecular complexity index is 147. The van der Waals surface area contributed by atoms with Gasteiger partial charge in [0.2, 0.25) is 0 Å². The van der Waals surface area contributed by atoms with Crippen LogP contribution >= 0.6 is 0 Å². The maximum absolute atomic E-state index is 5.94. The first kappa shape index (κ1) is 9.96. The summed E-state index contributed by atoms with van der Waals surface area (Å²) < 4.78 is 10.7. The van der Waals surface area contributed by atoms with Crippen molar-refractivity contribution in [1.29, 1.82) is 0 Å². The lowest BCUT2D eigenvalue weighted by Crippen LogP contribution is -2.53. The zero-order valence-electron chi connectivity index (χ0n) is 8.28. The van der Waals surface area contributed by atoms with Gasteiger partial charge in [-0.1, -0.05) is 13.8 Å². The molecule has 0 radical (unpaired) electrons. The average Bonchev–Trinajstić information content (AvgIpc) is 2.08. The second-order valence-corrected chi connectivity index (χ2v) is 3.74. The molecular weight excluding hydrogens is 154 g/mol. The molecule has 3 heteroatoms. The van der Waals surface area contributed by atoms with Gasteiger partial charge in [-0.25, -0.2) is 0 Å². The summed E-state index contributed by atoms with van der Waals surface area (Å²) in [4.78, 5) is 0. The summed E-state index contributed by atoms with van der Waals surface area (Å²) in [5, 5.41) is 0. The normalized spacial score (nSPS) is 49.2. The van der Waals surface area contributed by atoms with Crippen molar-refractivity contribution in [3.05, 3.63) is 0 Å². The van der Waals surface area contributed by atoms with Crippen LogP contribution in [0.15, 0.2) is 0 Å². The Hall–Kier alpha value is -0.120. The van der Waals surface area contributed by atoms with E-state index in [2.05, 4.69) is 20.8 Å². The molecule has 0 aromatic rings. The predicted molar refractivity (Wildman–Crippen MR) is 47.6 cm³/mol. The molecule has 1 aliphatic rings. The van der Waals surface area contributed by atoms with E-state index in [9.17, 15) is 0 Å². The van der Waals surface area contributed by atoms with E-state index in [0.717, 1.165) is 0 Å². The predicted octanol–water partition coefficient (Wildman–Crippen LogP) is 0.977. The summed E-state index contributed by atoms with van der Waals surface area (Å²) in [5.41, 5.74) is 5.94. The number of hydrogen-bond donors (Lipinski definition) is 1. The number of hydrogen-bond acceptors (Lipinski definition) is 3. The van der Waals surface area contributed by atoms with E-state index in [-0.39, 0.29) is 18.4 Å². The third kappa shape index (κ3) is 1.63. The zero-order chi connectivity index (χ0) is 9.30. The lowest BCUT2D eigenvalue weighted by Gasteiger charge is -2.41. The molecule has 1 saturated heterocycles. The minimum absolute atomic E-state index is 0.00111. The SMILES string of the molecule is CO[C@@H]1OC(C)[C@@H](C)[C@H](C)C1N. The molecule has 1 rings (SSSR count). The van der Waals surface area contributed by atoms with Crippen molar-refractivity contribution < 1.29 is 9.47 Å². The molecule has 0 aromatic heterocycles. The fourth-order valence-electron chi connectivity index (χ4n) is 1.66. The lowest BCUT2D eigenvalue weighted by atomic mass is 9.83. The van der Waals surface area contributed by atoms with Crippen LogP contribution in [0.3, 0.4) is 0 Å². The van der Waals surface area contributed by atoms with Gasteiger partial charge in [-0.05, 0) is 18.8 Å². The standard InChI is InChI=1S/C9H19NO2/c1-5-6(2)8(10)9(11-4)12-7(5)3/h5-9H,10H2,1-4H3/t5-,6-,7?,8?,9+/m0/s1. The van der Waals surface area contributed by atoms with E-state index >= 15 is 0 Å². The Morgan fingerprint density at radius 1 is 1.17 bits per heavy atom. The van der Waals surface area contributed by atoms with Gasteiger partial charge < -0.3 is 15.2 Å². The minimum Gasteiger partial charge on any atom is -0.354 e. The van der Waals surface area contributed by atoms with E-state index in [1.54, 1.807) is 7.11 Å².